The fourth-order valence-corrected chi connectivity index (χ4v) is 2.07. The molecule has 0 aliphatic rings. The molecule has 0 heterocycles. The van der Waals surface area contributed by atoms with Crippen LogP contribution in [0.15, 0.2) is 40.9 Å². The molecule has 0 radical (unpaired) electrons. The third-order valence-corrected chi connectivity index (χ3v) is 2.73. The van der Waals surface area contributed by atoms with E-state index in [2.05, 4.69) is 15.9 Å². The highest BCUT2D eigenvalue weighted by atomic mass is 79.9. The molecule has 18 heavy (non-hydrogen) atoms. The van der Waals surface area contributed by atoms with Crippen LogP contribution in [-0.2, 0) is 6.61 Å². The van der Waals surface area contributed by atoms with Crippen LogP contribution in [-0.4, -0.2) is 0 Å². The van der Waals surface area contributed by atoms with Crippen LogP contribution in [0.2, 0.25) is 0 Å². The Balaban J connectivity index is 2.11. The minimum absolute atomic E-state index is 0.00921. The Kier molecular flexibility index (Phi) is 3.81. The van der Waals surface area contributed by atoms with E-state index in [1.807, 2.05) is 6.07 Å². The topological polar surface area (TPSA) is 35.2 Å². The minimum Gasteiger partial charge on any atom is -0.486 e. The average Bonchev–Trinajstić information content (AvgIpc) is 2.26. The van der Waals surface area contributed by atoms with Gasteiger partial charge in [0, 0.05) is 16.2 Å². The predicted octanol–water partition coefficient (Wildman–Crippen LogP) is 3.89. The average molecular weight is 314 g/mol. The molecule has 0 saturated heterocycles. The molecule has 0 bridgehead atoms. The molecule has 0 unspecified atom stereocenters. The Morgan fingerprint density at radius 1 is 1.11 bits per heavy atom. The van der Waals surface area contributed by atoms with Gasteiger partial charge in [-0.3, -0.25) is 0 Å². The summed E-state index contributed by atoms with van der Waals surface area (Å²) in [7, 11) is 0. The molecule has 2 aromatic carbocycles. The first-order chi connectivity index (χ1) is 8.54. The van der Waals surface area contributed by atoms with Crippen molar-refractivity contribution in [3.05, 3.63) is 58.1 Å². The number of nitrogens with two attached hydrogens (primary N) is 1. The third kappa shape index (κ3) is 3.20. The van der Waals surface area contributed by atoms with Gasteiger partial charge in [-0.2, -0.15) is 0 Å². The van der Waals surface area contributed by atoms with Gasteiger partial charge in [-0.05, 0) is 35.9 Å². The van der Waals surface area contributed by atoms with Gasteiger partial charge in [0.1, 0.15) is 12.4 Å². The zero-order valence-corrected chi connectivity index (χ0v) is 10.9. The largest absolute Gasteiger partial charge is 0.486 e. The van der Waals surface area contributed by atoms with Gasteiger partial charge in [-0.15, -0.1) is 0 Å². The standard InChI is InChI=1S/C13H10BrF2NO/c14-9-3-8(4-11(17)5-9)7-18-13-2-1-10(15)6-12(13)16/h1-6H,7,17H2. The van der Waals surface area contributed by atoms with Crippen LogP contribution in [0, 0.1) is 11.6 Å². The van der Waals surface area contributed by atoms with Gasteiger partial charge in [0.2, 0.25) is 0 Å². The molecule has 5 heteroatoms. The first-order valence-electron chi connectivity index (χ1n) is 5.17. The first-order valence-corrected chi connectivity index (χ1v) is 5.97. The molecule has 2 nitrogen and oxygen atoms in total. The Bertz CT molecular complexity index is 555. The third-order valence-electron chi connectivity index (χ3n) is 2.27. The summed E-state index contributed by atoms with van der Waals surface area (Å²) in [6, 6.07) is 8.48. The van der Waals surface area contributed by atoms with E-state index in [-0.39, 0.29) is 12.4 Å². The van der Waals surface area contributed by atoms with E-state index in [9.17, 15) is 8.78 Å². The molecule has 0 fully saturated rings. The lowest BCUT2D eigenvalue weighted by atomic mass is 10.2. The molecule has 2 aromatic rings. The summed E-state index contributed by atoms with van der Waals surface area (Å²) >= 11 is 3.30. The highest BCUT2D eigenvalue weighted by Crippen LogP contribution is 2.21. The number of ether oxygens (including phenoxy) is 1. The number of halogens is 3. The maximum absolute atomic E-state index is 13.3. The van der Waals surface area contributed by atoms with Crippen molar-refractivity contribution in [3.63, 3.8) is 0 Å². The van der Waals surface area contributed by atoms with Crippen molar-refractivity contribution in [2.24, 2.45) is 0 Å². The fourth-order valence-electron chi connectivity index (χ4n) is 1.51. The van der Waals surface area contributed by atoms with Crippen molar-refractivity contribution >= 4 is 21.6 Å². The Morgan fingerprint density at radius 3 is 2.56 bits per heavy atom. The van der Waals surface area contributed by atoms with E-state index in [0.717, 1.165) is 22.2 Å². The van der Waals surface area contributed by atoms with E-state index in [0.29, 0.717) is 5.69 Å². The van der Waals surface area contributed by atoms with E-state index < -0.39 is 11.6 Å². The molecule has 0 aromatic heterocycles. The molecule has 0 aliphatic carbocycles. The van der Waals surface area contributed by atoms with Gasteiger partial charge in [0.15, 0.2) is 11.6 Å². The Labute approximate surface area is 112 Å². The summed E-state index contributed by atoms with van der Waals surface area (Å²) in [6.07, 6.45) is 0. The number of benzene rings is 2. The number of hydrogen-bond donors (Lipinski definition) is 1. The lowest BCUT2D eigenvalue weighted by Gasteiger charge is -2.08. The van der Waals surface area contributed by atoms with Crippen molar-refractivity contribution in [2.45, 2.75) is 6.61 Å². The number of anilines is 1. The molecule has 0 spiro atoms. The van der Waals surface area contributed by atoms with Crippen molar-refractivity contribution < 1.29 is 13.5 Å². The predicted molar refractivity (Wildman–Crippen MR) is 69.2 cm³/mol. The Hall–Kier alpha value is -1.62. The summed E-state index contributed by atoms with van der Waals surface area (Å²) < 4.78 is 32.1. The zero-order valence-electron chi connectivity index (χ0n) is 9.29. The molecule has 0 atom stereocenters. The molecule has 2 N–H and O–H groups in total. The summed E-state index contributed by atoms with van der Waals surface area (Å²) in [5.74, 6) is -1.35. The summed E-state index contributed by atoms with van der Waals surface area (Å²) in [6.45, 7) is 0.159. The second-order valence-electron chi connectivity index (χ2n) is 3.76. The van der Waals surface area contributed by atoms with Gasteiger partial charge in [0.05, 0.1) is 0 Å². The van der Waals surface area contributed by atoms with Crippen LogP contribution in [0.3, 0.4) is 0 Å². The summed E-state index contributed by atoms with van der Waals surface area (Å²) in [5.41, 5.74) is 7.05. The van der Waals surface area contributed by atoms with Gasteiger partial charge >= 0.3 is 0 Å². The van der Waals surface area contributed by atoms with Crippen LogP contribution in [0.25, 0.3) is 0 Å². The molecule has 2 rings (SSSR count). The van der Waals surface area contributed by atoms with Crippen LogP contribution >= 0.6 is 15.9 Å². The SMILES string of the molecule is Nc1cc(Br)cc(COc2ccc(F)cc2F)c1. The van der Waals surface area contributed by atoms with Crippen LogP contribution in [0.4, 0.5) is 14.5 Å². The van der Waals surface area contributed by atoms with E-state index in [1.165, 1.54) is 6.07 Å². The first kappa shape index (κ1) is 12.8. The van der Waals surface area contributed by atoms with Crippen LogP contribution in [0.5, 0.6) is 5.75 Å². The van der Waals surface area contributed by atoms with Crippen molar-refractivity contribution in [1.82, 2.24) is 0 Å². The fraction of sp³-hybridized carbons (Fsp3) is 0.0769. The molecular weight excluding hydrogens is 304 g/mol. The normalized spacial score (nSPS) is 10.4. The quantitative estimate of drug-likeness (QED) is 0.873. The lowest BCUT2D eigenvalue weighted by Crippen LogP contribution is -1.99. The summed E-state index contributed by atoms with van der Waals surface area (Å²) in [4.78, 5) is 0. The second kappa shape index (κ2) is 5.35. The maximum Gasteiger partial charge on any atom is 0.167 e. The van der Waals surface area contributed by atoms with Gasteiger partial charge < -0.3 is 10.5 Å². The van der Waals surface area contributed by atoms with Crippen LogP contribution < -0.4 is 10.5 Å². The van der Waals surface area contributed by atoms with Crippen LogP contribution in [0.1, 0.15) is 5.56 Å². The molecule has 0 aliphatic heterocycles. The molecule has 0 amide bonds. The van der Waals surface area contributed by atoms with Gasteiger partial charge in [-0.1, -0.05) is 15.9 Å². The zero-order chi connectivity index (χ0) is 13.1. The molecular formula is C13H10BrF2NO. The van der Waals surface area contributed by atoms with E-state index >= 15 is 0 Å². The number of hydrogen-bond acceptors (Lipinski definition) is 2. The highest BCUT2D eigenvalue weighted by Gasteiger charge is 2.05. The monoisotopic (exact) mass is 313 g/mol. The number of nitrogen functional groups attached to an aromatic ring is 1. The molecule has 94 valence electrons. The van der Waals surface area contributed by atoms with E-state index in [1.54, 1.807) is 12.1 Å². The maximum atomic E-state index is 13.3. The van der Waals surface area contributed by atoms with Crippen molar-refractivity contribution in [1.29, 1.82) is 0 Å². The van der Waals surface area contributed by atoms with Gasteiger partial charge in [0.25, 0.3) is 0 Å². The molecule has 0 saturated carbocycles. The van der Waals surface area contributed by atoms with Crippen molar-refractivity contribution in [2.75, 3.05) is 5.73 Å². The van der Waals surface area contributed by atoms with E-state index in [4.69, 9.17) is 10.5 Å². The smallest absolute Gasteiger partial charge is 0.167 e. The second-order valence-corrected chi connectivity index (χ2v) is 4.67. The minimum atomic E-state index is -0.724. The van der Waals surface area contributed by atoms with Crippen molar-refractivity contribution in [3.8, 4) is 5.75 Å². The highest BCUT2D eigenvalue weighted by molar-refractivity contribution is 9.10. The number of rotatable bonds is 3. The lowest BCUT2D eigenvalue weighted by molar-refractivity contribution is 0.289. The van der Waals surface area contributed by atoms with Gasteiger partial charge in [-0.25, -0.2) is 8.78 Å². The summed E-state index contributed by atoms with van der Waals surface area (Å²) in [5, 5.41) is 0. The Morgan fingerprint density at radius 2 is 1.89 bits per heavy atom.